The molecule has 0 aliphatic rings. The number of carboxylic acid groups (broad SMARTS) is 1. The standard InChI is InChI=1S/C22H29NO10/c1-4-31-21(28)19(22(29)32-5-2)33-15-9-6-14(7-10-15)8-11-16(20(26)27)23-17(24)12-13-18(25)30-3/h6-7,9-10,16,19H,4-5,8,11-13H2,1-3H3,(H,23,24)(H,26,27)/t16-/m0/s1. The minimum absolute atomic E-state index is 0.0704. The van der Waals surface area contributed by atoms with Gasteiger partial charge in [0, 0.05) is 6.42 Å². The number of ether oxygens (including phenoxy) is 4. The Morgan fingerprint density at radius 2 is 1.52 bits per heavy atom. The van der Waals surface area contributed by atoms with Crippen LogP contribution in [0.5, 0.6) is 5.75 Å². The smallest absolute Gasteiger partial charge is 0.359 e. The monoisotopic (exact) mass is 467 g/mol. The van der Waals surface area contributed by atoms with E-state index in [4.69, 9.17) is 14.2 Å². The van der Waals surface area contributed by atoms with Crippen molar-refractivity contribution in [3.05, 3.63) is 29.8 Å². The normalized spacial score (nSPS) is 11.3. The molecule has 0 spiro atoms. The molecule has 2 N–H and O–H groups in total. The van der Waals surface area contributed by atoms with Gasteiger partial charge in [0.05, 0.1) is 26.7 Å². The summed E-state index contributed by atoms with van der Waals surface area (Å²) >= 11 is 0. The maximum atomic E-state index is 12.0. The summed E-state index contributed by atoms with van der Waals surface area (Å²) in [7, 11) is 1.20. The van der Waals surface area contributed by atoms with Crippen LogP contribution in [0.25, 0.3) is 0 Å². The number of carboxylic acids is 1. The molecule has 11 heteroatoms. The second-order valence-electron chi connectivity index (χ2n) is 6.72. The SMILES string of the molecule is CCOC(=O)C(Oc1ccc(CC[C@H](NC(=O)CCC(=O)OC)C(=O)O)cc1)C(=O)OCC. The fourth-order valence-electron chi connectivity index (χ4n) is 2.65. The molecule has 33 heavy (non-hydrogen) atoms. The Hall–Kier alpha value is -3.63. The van der Waals surface area contributed by atoms with E-state index in [0.29, 0.717) is 6.42 Å². The van der Waals surface area contributed by atoms with Crippen molar-refractivity contribution in [1.29, 1.82) is 0 Å². The number of carbonyl (C=O) groups excluding carboxylic acids is 4. The molecule has 0 fully saturated rings. The van der Waals surface area contributed by atoms with Gasteiger partial charge < -0.3 is 29.4 Å². The van der Waals surface area contributed by atoms with Crippen LogP contribution in [-0.2, 0) is 44.6 Å². The molecule has 182 valence electrons. The van der Waals surface area contributed by atoms with Gasteiger partial charge in [0.15, 0.2) is 0 Å². The summed E-state index contributed by atoms with van der Waals surface area (Å²) < 4.78 is 19.6. The molecule has 0 radical (unpaired) electrons. The van der Waals surface area contributed by atoms with Gasteiger partial charge in [-0.25, -0.2) is 14.4 Å². The number of hydrogen-bond donors (Lipinski definition) is 2. The minimum atomic E-state index is -1.56. The third-order valence-electron chi connectivity index (χ3n) is 4.32. The molecule has 1 aromatic carbocycles. The van der Waals surface area contributed by atoms with Crippen LogP contribution in [0.3, 0.4) is 0 Å². The Morgan fingerprint density at radius 3 is 2.00 bits per heavy atom. The number of hydrogen-bond acceptors (Lipinski definition) is 9. The summed E-state index contributed by atoms with van der Waals surface area (Å²) in [6, 6.07) is 5.18. The molecule has 1 amide bonds. The Labute approximate surface area is 191 Å². The highest BCUT2D eigenvalue weighted by molar-refractivity contribution is 5.98. The lowest BCUT2D eigenvalue weighted by Crippen LogP contribution is -2.41. The molecule has 0 aromatic heterocycles. The number of rotatable bonds is 14. The quantitative estimate of drug-likeness (QED) is 0.230. The number of aryl methyl sites for hydroxylation is 1. The molecule has 1 rings (SSSR count). The van der Waals surface area contributed by atoms with E-state index in [1.807, 2.05) is 0 Å². The van der Waals surface area contributed by atoms with Crippen molar-refractivity contribution in [1.82, 2.24) is 5.32 Å². The zero-order valence-corrected chi connectivity index (χ0v) is 18.8. The maximum absolute atomic E-state index is 12.0. The molecule has 1 aromatic rings. The fraction of sp³-hybridized carbons (Fsp3) is 0.500. The Balaban J connectivity index is 2.70. The van der Waals surface area contributed by atoms with Crippen LogP contribution in [0.1, 0.15) is 38.7 Å². The number of nitrogens with one attached hydrogen (secondary N) is 1. The van der Waals surface area contributed by atoms with Crippen molar-refractivity contribution in [2.45, 2.75) is 51.7 Å². The predicted molar refractivity (Wildman–Crippen MR) is 113 cm³/mol. The van der Waals surface area contributed by atoms with Crippen LogP contribution in [0.15, 0.2) is 24.3 Å². The largest absolute Gasteiger partial charge is 0.480 e. The zero-order chi connectivity index (χ0) is 24.8. The summed E-state index contributed by atoms with van der Waals surface area (Å²) in [5.41, 5.74) is 0.737. The first-order valence-electron chi connectivity index (χ1n) is 10.4. The summed E-state index contributed by atoms with van der Waals surface area (Å²) in [5, 5.41) is 11.7. The summed E-state index contributed by atoms with van der Waals surface area (Å²) in [4.78, 5) is 58.4. The van der Waals surface area contributed by atoms with Gasteiger partial charge in [0.2, 0.25) is 5.91 Å². The minimum Gasteiger partial charge on any atom is -0.480 e. The van der Waals surface area contributed by atoms with Gasteiger partial charge in [-0.15, -0.1) is 0 Å². The molecule has 0 bridgehead atoms. The van der Waals surface area contributed by atoms with E-state index < -0.39 is 41.9 Å². The zero-order valence-electron chi connectivity index (χ0n) is 18.8. The fourth-order valence-corrected chi connectivity index (χ4v) is 2.65. The molecule has 0 heterocycles. The van der Waals surface area contributed by atoms with Crippen LogP contribution in [0.4, 0.5) is 0 Å². The van der Waals surface area contributed by atoms with Gasteiger partial charge in [-0.05, 0) is 44.4 Å². The van der Waals surface area contributed by atoms with Gasteiger partial charge >= 0.3 is 23.9 Å². The molecule has 0 saturated carbocycles. The van der Waals surface area contributed by atoms with E-state index in [1.54, 1.807) is 26.0 Å². The second-order valence-corrected chi connectivity index (χ2v) is 6.72. The Bertz CT molecular complexity index is 803. The average Bonchev–Trinajstić information content (AvgIpc) is 2.79. The van der Waals surface area contributed by atoms with Crippen LogP contribution in [0.2, 0.25) is 0 Å². The van der Waals surface area contributed by atoms with Crippen LogP contribution >= 0.6 is 0 Å². The molecule has 1 atom stereocenters. The summed E-state index contributed by atoms with van der Waals surface area (Å²) in [5.74, 6) is -3.85. The lowest BCUT2D eigenvalue weighted by molar-refractivity contribution is -0.166. The molecule has 0 saturated heterocycles. The van der Waals surface area contributed by atoms with E-state index >= 15 is 0 Å². The maximum Gasteiger partial charge on any atom is 0.359 e. The molecule has 0 aliphatic carbocycles. The van der Waals surface area contributed by atoms with Gasteiger partial charge in [0.1, 0.15) is 11.8 Å². The van der Waals surface area contributed by atoms with Crippen molar-refractivity contribution in [3.8, 4) is 5.75 Å². The van der Waals surface area contributed by atoms with E-state index in [2.05, 4.69) is 10.1 Å². The number of methoxy groups -OCH3 is 1. The Kier molecular flexibility index (Phi) is 12.0. The third kappa shape index (κ3) is 10.0. The number of benzene rings is 1. The van der Waals surface area contributed by atoms with Gasteiger partial charge in [-0.3, -0.25) is 9.59 Å². The van der Waals surface area contributed by atoms with Crippen molar-refractivity contribution in [2.75, 3.05) is 20.3 Å². The number of amides is 1. The van der Waals surface area contributed by atoms with E-state index in [-0.39, 0.29) is 38.2 Å². The molecule has 0 unspecified atom stereocenters. The van der Waals surface area contributed by atoms with E-state index in [0.717, 1.165) is 5.56 Å². The van der Waals surface area contributed by atoms with Crippen LogP contribution < -0.4 is 10.1 Å². The van der Waals surface area contributed by atoms with Crippen molar-refractivity contribution in [3.63, 3.8) is 0 Å². The van der Waals surface area contributed by atoms with Crippen LogP contribution in [0, 0.1) is 0 Å². The second kappa shape index (κ2) is 14.4. The van der Waals surface area contributed by atoms with E-state index in [9.17, 15) is 29.1 Å². The first kappa shape index (κ1) is 27.4. The number of esters is 3. The van der Waals surface area contributed by atoms with Crippen molar-refractivity contribution in [2.24, 2.45) is 0 Å². The predicted octanol–water partition coefficient (Wildman–Crippen LogP) is 1.02. The highest BCUT2D eigenvalue weighted by Crippen LogP contribution is 2.17. The van der Waals surface area contributed by atoms with Crippen molar-refractivity contribution < 1.29 is 48.0 Å². The summed E-state index contributed by atoms with van der Waals surface area (Å²) in [6.07, 6.45) is -1.46. The number of carbonyl (C=O) groups is 5. The van der Waals surface area contributed by atoms with Crippen molar-refractivity contribution >= 4 is 29.8 Å². The molecule has 11 nitrogen and oxygen atoms in total. The van der Waals surface area contributed by atoms with Gasteiger partial charge in [0.25, 0.3) is 6.10 Å². The number of aliphatic carboxylic acids is 1. The highest BCUT2D eigenvalue weighted by atomic mass is 16.6. The first-order valence-corrected chi connectivity index (χ1v) is 10.4. The summed E-state index contributed by atoms with van der Waals surface area (Å²) in [6.45, 7) is 3.34. The van der Waals surface area contributed by atoms with E-state index in [1.165, 1.54) is 19.2 Å². The molecular formula is C22H29NO10. The Morgan fingerprint density at radius 1 is 0.939 bits per heavy atom. The first-order chi connectivity index (χ1) is 15.7. The van der Waals surface area contributed by atoms with Gasteiger partial charge in [-0.1, -0.05) is 12.1 Å². The lowest BCUT2D eigenvalue weighted by atomic mass is 10.0. The lowest BCUT2D eigenvalue weighted by Gasteiger charge is -2.17. The molecular weight excluding hydrogens is 438 g/mol. The van der Waals surface area contributed by atoms with Crippen LogP contribution in [-0.4, -0.2) is 67.4 Å². The average molecular weight is 467 g/mol. The topological polar surface area (TPSA) is 155 Å². The third-order valence-corrected chi connectivity index (χ3v) is 4.32. The molecule has 0 aliphatic heterocycles. The van der Waals surface area contributed by atoms with Gasteiger partial charge in [-0.2, -0.15) is 0 Å². The highest BCUT2D eigenvalue weighted by Gasteiger charge is 2.32.